The second-order valence-corrected chi connectivity index (χ2v) is 7.48. The summed E-state index contributed by atoms with van der Waals surface area (Å²) in [5, 5.41) is 9.24. The fourth-order valence-corrected chi connectivity index (χ4v) is 3.35. The molecule has 1 atom stereocenters. The summed E-state index contributed by atoms with van der Waals surface area (Å²) in [6, 6.07) is 0. The van der Waals surface area contributed by atoms with Gasteiger partial charge in [0.05, 0.1) is 16.6 Å². The molecule has 0 saturated carbocycles. The molecule has 0 bridgehead atoms. The maximum absolute atomic E-state index is 12.6. The van der Waals surface area contributed by atoms with Gasteiger partial charge in [0.15, 0.2) is 0 Å². The SMILES string of the molecule is CC(C)(C)c1ncsc1C(=O)N1CC[C@@](C)(C(=O)O)C1. The second kappa shape index (κ2) is 4.84. The van der Waals surface area contributed by atoms with E-state index in [9.17, 15) is 14.7 Å². The fourth-order valence-electron chi connectivity index (χ4n) is 2.38. The lowest BCUT2D eigenvalue weighted by atomic mass is 9.90. The molecule has 0 spiro atoms. The first kappa shape index (κ1) is 15.0. The predicted molar refractivity (Wildman–Crippen MR) is 77.1 cm³/mol. The van der Waals surface area contributed by atoms with Gasteiger partial charge in [0, 0.05) is 18.5 Å². The van der Waals surface area contributed by atoms with Crippen LogP contribution in [0.5, 0.6) is 0 Å². The monoisotopic (exact) mass is 296 g/mol. The number of aromatic nitrogens is 1. The Morgan fingerprint density at radius 3 is 2.60 bits per heavy atom. The first-order chi connectivity index (χ1) is 9.15. The van der Waals surface area contributed by atoms with E-state index in [2.05, 4.69) is 4.98 Å². The van der Waals surface area contributed by atoms with E-state index in [-0.39, 0.29) is 17.9 Å². The Kier molecular flexibility index (Phi) is 3.62. The Bertz CT molecular complexity index is 547. The molecule has 1 fully saturated rings. The van der Waals surface area contributed by atoms with Gasteiger partial charge in [-0.05, 0) is 13.3 Å². The van der Waals surface area contributed by atoms with Crippen molar-refractivity contribution in [3.8, 4) is 0 Å². The number of aliphatic carboxylic acids is 1. The van der Waals surface area contributed by atoms with Gasteiger partial charge in [-0.25, -0.2) is 4.98 Å². The van der Waals surface area contributed by atoms with E-state index >= 15 is 0 Å². The van der Waals surface area contributed by atoms with Crippen LogP contribution in [0.1, 0.15) is 49.5 Å². The highest BCUT2D eigenvalue weighted by Gasteiger charge is 2.43. The number of nitrogens with zero attached hydrogens (tertiary/aromatic N) is 2. The molecular weight excluding hydrogens is 276 g/mol. The quantitative estimate of drug-likeness (QED) is 0.909. The summed E-state index contributed by atoms with van der Waals surface area (Å²) in [6.07, 6.45) is 0.498. The summed E-state index contributed by atoms with van der Waals surface area (Å²) in [7, 11) is 0. The minimum atomic E-state index is -0.840. The van der Waals surface area contributed by atoms with E-state index in [4.69, 9.17) is 0 Å². The molecule has 1 aromatic heterocycles. The third-order valence-electron chi connectivity index (χ3n) is 3.75. The molecule has 20 heavy (non-hydrogen) atoms. The Labute approximate surface area is 122 Å². The topological polar surface area (TPSA) is 70.5 Å². The van der Waals surface area contributed by atoms with Crippen molar-refractivity contribution in [1.29, 1.82) is 0 Å². The first-order valence-corrected chi connectivity index (χ1v) is 7.50. The zero-order valence-corrected chi connectivity index (χ0v) is 13.1. The number of carboxylic acids is 1. The number of carbonyl (C=O) groups is 2. The second-order valence-electron chi connectivity index (χ2n) is 6.62. The molecule has 6 heteroatoms. The molecule has 1 aromatic rings. The largest absolute Gasteiger partial charge is 0.481 e. The third kappa shape index (κ3) is 2.57. The lowest BCUT2D eigenvalue weighted by Gasteiger charge is -2.22. The number of likely N-dealkylation sites (tertiary alicyclic amines) is 1. The average molecular weight is 296 g/mol. The summed E-state index contributed by atoms with van der Waals surface area (Å²) >= 11 is 1.33. The van der Waals surface area contributed by atoms with Gasteiger partial charge in [-0.3, -0.25) is 9.59 Å². The van der Waals surface area contributed by atoms with Crippen molar-refractivity contribution in [1.82, 2.24) is 9.88 Å². The van der Waals surface area contributed by atoms with Crippen molar-refractivity contribution in [3.63, 3.8) is 0 Å². The van der Waals surface area contributed by atoms with Crippen LogP contribution in [0.3, 0.4) is 0 Å². The minimum Gasteiger partial charge on any atom is -0.481 e. The highest BCUT2D eigenvalue weighted by atomic mass is 32.1. The minimum absolute atomic E-state index is 0.0950. The van der Waals surface area contributed by atoms with Crippen molar-refractivity contribution < 1.29 is 14.7 Å². The summed E-state index contributed by atoms with van der Waals surface area (Å²) in [5.41, 5.74) is 1.44. The first-order valence-electron chi connectivity index (χ1n) is 6.62. The van der Waals surface area contributed by atoms with Crippen LogP contribution in [-0.2, 0) is 10.2 Å². The van der Waals surface area contributed by atoms with Crippen LogP contribution < -0.4 is 0 Å². The molecule has 110 valence electrons. The smallest absolute Gasteiger partial charge is 0.311 e. The number of amides is 1. The van der Waals surface area contributed by atoms with Crippen molar-refractivity contribution in [2.75, 3.05) is 13.1 Å². The zero-order chi connectivity index (χ0) is 15.1. The van der Waals surface area contributed by atoms with Gasteiger partial charge in [0.1, 0.15) is 4.88 Å². The van der Waals surface area contributed by atoms with Crippen LogP contribution in [0.2, 0.25) is 0 Å². The van der Waals surface area contributed by atoms with E-state index in [0.29, 0.717) is 17.8 Å². The number of carboxylic acid groups (broad SMARTS) is 1. The highest BCUT2D eigenvalue weighted by Crippen LogP contribution is 2.33. The van der Waals surface area contributed by atoms with Crippen LogP contribution in [0.4, 0.5) is 0 Å². The van der Waals surface area contributed by atoms with E-state index < -0.39 is 11.4 Å². The summed E-state index contributed by atoms with van der Waals surface area (Å²) in [4.78, 5) is 30.4. The van der Waals surface area contributed by atoms with Gasteiger partial charge in [0.2, 0.25) is 0 Å². The molecule has 1 saturated heterocycles. The summed E-state index contributed by atoms with van der Waals surface area (Å²) < 4.78 is 0. The molecule has 0 aliphatic carbocycles. The van der Waals surface area contributed by atoms with E-state index in [0.717, 1.165) is 5.69 Å². The van der Waals surface area contributed by atoms with Gasteiger partial charge < -0.3 is 10.0 Å². The molecule has 1 amide bonds. The van der Waals surface area contributed by atoms with Crippen LogP contribution in [0, 0.1) is 5.41 Å². The van der Waals surface area contributed by atoms with Crippen molar-refractivity contribution in [2.45, 2.75) is 39.5 Å². The van der Waals surface area contributed by atoms with Gasteiger partial charge in [-0.15, -0.1) is 11.3 Å². The summed E-state index contributed by atoms with van der Waals surface area (Å²) in [6.45, 7) is 8.50. The molecular formula is C14H20N2O3S. The van der Waals surface area contributed by atoms with E-state index in [1.807, 2.05) is 20.8 Å². The van der Waals surface area contributed by atoms with Gasteiger partial charge >= 0.3 is 5.97 Å². The standard InChI is InChI=1S/C14H20N2O3S/c1-13(2,3)10-9(20-8-15-10)11(17)16-6-5-14(4,7-16)12(18)19/h8H,5-7H2,1-4H3,(H,18,19)/t14-/m1/s1. The molecule has 1 aliphatic rings. The maximum atomic E-state index is 12.6. The zero-order valence-electron chi connectivity index (χ0n) is 12.3. The molecule has 0 radical (unpaired) electrons. The van der Waals surface area contributed by atoms with Crippen LogP contribution in [-0.4, -0.2) is 40.0 Å². The van der Waals surface area contributed by atoms with Crippen molar-refractivity contribution >= 4 is 23.2 Å². The molecule has 0 unspecified atom stereocenters. The van der Waals surface area contributed by atoms with Crippen molar-refractivity contribution in [3.05, 3.63) is 16.1 Å². The predicted octanol–water partition coefficient (Wildman–Crippen LogP) is 2.38. The summed E-state index contributed by atoms with van der Waals surface area (Å²) in [5.74, 6) is -0.935. The Morgan fingerprint density at radius 2 is 2.10 bits per heavy atom. The Morgan fingerprint density at radius 1 is 1.45 bits per heavy atom. The van der Waals surface area contributed by atoms with Crippen molar-refractivity contribution in [2.24, 2.45) is 5.41 Å². The molecule has 5 nitrogen and oxygen atoms in total. The van der Waals surface area contributed by atoms with E-state index in [1.54, 1.807) is 17.3 Å². The van der Waals surface area contributed by atoms with E-state index in [1.165, 1.54) is 11.3 Å². The molecule has 2 heterocycles. The maximum Gasteiger partial charge on any atom is 0.311 e. The number of hydrogen-bond donors (Lipinski definition) is 1. The number of thiazole rings is 1. The van der Waals surface area contributed by atoms with Crippen LogP contribution >= 0.6 is 11.3 Å². The molecule has 0 aromatic carbocycles. The van der Waals surface area contributed by atoms with Crippen LogP contribution in [0.15, 0.2) is 5.51 Å². The number of hydrogen-bond acceptors (Lipinski definition) is 4. The molecule has 2 rings (SSSR count). The fraction of sp³-hybridized carbons (Fsp3) is 0.643. The number of rotatable bonds is 2. The van der Waals surface area contributed by atoms with Gasteiger partial charge in [-0.2, -0.15) is 0 Å². The number of carbonyl (C=O) groups excluding carboxylic acids is 1. The van der Waals surface area contributed by atoms with Gasteiger partial charge in [-0.1, -0.05) is 20.8 Å². The third-order valence-corrected chi connectivity index (χ3v) is 4.56. The lowest BCUT2D eigenvalue weighted by molar-refractivity contribution is -0.147. The van der Waals surface area contributed by atoms with Crippen LogP contribution in [0.25, 0.3) is 0 Å². The molecule has 1 N–H and O–H groups in total. The van der Waals surface area contributed by atoms with Gasteiger partial charge in [0.25, 0.3) is 5.91 Å². The Balaban J connectivity index is 2.23. The Hall–Kier alpha value is -1.43. The average Bonchev–Trinajstić information content (AvgIpc) is 2.94. The highest BCUT2D eigenvalue weighted by molar-refractivity contribution is 7.11. The lowest BCUT2D eigenvalue weighted by Crippen LogP contribution is -2.35. The normalized spacial score (nSPS) is 23.1. The molecule has 1 aliphatic heterocycles.